The summed E-state index contributed by atoms with van der Waals surface area (Å²) in [5.41, 5.74) is 4.81. The molecule has 5 rings (SSSR count). The second-order valence-electron chi connectivity index (χ2n) is 7.99. The molecule has 0 aromatic heterocycles. The van der Waals surface area contributed by atoms with Gasteiger partial charge in [-0.2, -0.15) is 0 Å². The van der Waals surface area contributed by atoms with Crippen LogP contribution in [0.1, 0.15) is 38.2 Å². The summed E-state index contributed by atoms with van der Waals surface area (Å²) < 4.78 is 12.8. The van der Waals surface area contributed by atoms with Crippen LogP contribution in [-0.4, -0.2) is 11.1 Å². The second-order valence-corrected chi connectivity index (χ2v) is 7.99. The summed E-state index contributed by atoms with van der Waals surface area (Å²) in [5, 5.41) is 9.95. The molecule has 4 aromatic rings. The summed E-state index contributed by atoms with van der Waals surface area (Å²) >= 11 is 0. The van der Waals surface area contributed by atoms with Gasteiger partial charge in [0.05, 0.1) is 0 Å². The van der Waals surface area contributed by atoms with Gasteiger partial charge in [0.1, 0.15) is 5.56 Å². The number of ether oxygens (including phenoxy) is 2. The molecular weight excluding hydrogens is 400 g/mol. The number of fused-ring (bicyclic) bond motifs is 1. The largest absolute Gasteiger partial charge is 0.478 e. The van der Waals surface area contributed by atoms with E-state index in [1.807, 2.05) is 73.7 Å². The lowest BCUT2D eigenvalue weighted by molar-refractivity contribution is -0.0462. The van der Waals surface area contributed by atoms with Gasteiger partial charge in [0.25, 0.3) is 0 Å². The fraction of sp³-hybridized carbons (Fsp3) is 0.107. The highest BCUT2D eigenvalue weighted by atomic mass is 16.7. The minimum absolute atomic E-state index is 0.0957. The first-order valence-electron chi connectivity index (χ1n) is 10.5. The molecule has 0 aliphatic carbocycles. The second kappa shape index (κ2) is 7.89. The van der Waals surface area contributed by atoms with Crippen molar-refractivity contribution in [3.8, 4) is 11.5 Å². The van der Waals surface area contributed by atoms with E-state index in [2.05, 4.69) is 24.3 Å². The highest BCUT2D eigenvalue weighted by molar-refractivity contribution is 5.92. The Kier molecular flexibility index (Phi) is 4.91. The zero-order valence-corrected chi connectivity index (χ0v) is 17.6. The van der Waals surface area contributed by atoms with E-state index < -0.39 is 11.8 Å². The van der Waals surface area contributed by atoms with Gasteiger partial charge in [-0.3, -0.25) is 0 Å². The van der Waals surface area contributed by atoms with Crippen LogP contribution in [0.4, 0.5) is 0 Å². The number of hydrogen-bond donors (Lipinski definition) is 1. The van der Waals surface area contributed by atoms with Crippen LogP contribution >= 0.6 is 0 Å². The Labute approximate surface area is 186 Å². The van der Waals surface area contributed by atoms with Crippen molar-refractivity contribution in [3.63, 3.8) is 0 Å². The molecule has 0 spiro atoms. The van der Waals surface area contributed by atoms with Gasteiger partial charge >= 0.3 is 11.8 Å². The van der Waals surface area contributed by atoms with Crippen molar-refractivity contribution in [3.05, 3.63) is 130 Å². The van der Waals surface area contributed by atoms with Gasteiger partial charge in [-0.1, -0.05) is 90.5 Å². The minimum Gasteiger partial charge on any atom is -0.478 e. The van der Waals surface area contributed by atoms with E-state index in [9.17, 15) is 9.90 Å². The van der Waals surface area contributed by atoms with Crippen LogP contribution in [-0.2, 0) is 12.2 Å². The van der Waals surface area contributed by atoms with Crippen molar-refractivity contribution >= 4 is 5.97 Å². The van der Waals surface area contributed by atoms with E-state index in [0.29, 0.717) is 12.2 Å². The maximum absolute atomic E-state index is 12.2. The lowest BCUT2D eigenvalue weighted by Gasteiger charge is -2.28. The lowest BCUT2D eigenvalue weighted by atomic mass is 9.97. The normalized spacial score (nSPS) is 13.7. The fourth-order valence-electron chi connectivity index (χ4n) is 4.08. The van der Waals surface area contributed by atoms with Crippen molar-refractivity contribution in [1.29, 1.82) is 0 Å². The summed E-state index contributed by atoms with van der Waals surface area (Å²) in [4.78, 5) is 12.2. The number of aromatic carboxylic acids is 1. The van der Waals surface area contributed by atoms with Crippen molar-refractivity contribution in [2.45, 2.75) is 19.1 Å². The average Bonchev–Trinajstić information content (AvgIpc) is 3.22. The first kappa shape index (κ1) is 19.9. The van der Waals surface area contributed by atoms with Crippen LogP contribution in [0.5, 0.6) is 11.5 Å². The molecule has 1 N–H and O–H groups in total. The highest BCUT2D eigenvalue weighted by Crippen LogP contribution is 2.50. The standard InChI is InChI=1S/C28H22O4/c1-19-12-14-20(15-13-19)16-21-17-24(27(29)30)26-25(18-21)31-28(32-26,22-8-4-2-5-9-22)23-10-6-3-7-11-23/h2-15,17-18H,16H2,1H3,(H,29,30). The molecule has 1 heterocycles. The lowest BCUT2D eigenvalue weighted by Crippen LogP contribution is -2.36. The van der Waals surface area contributed by atoms with Crippen molar-refractivity contribution in [1.82, 2.24) is 0 Å². The Balaban J connectivity index is 1.62. The van der Waals surface area contributed by atoms with Gasteiger partial charge in [0.2, 0.25) is 0 Å². The van der Waals surface area contributed by atoms with Crippen LogP contribution < -0.4 is 9.47 Å². The van der Waals surface area contributed by atoms with Gasteiger partial charge in [-0.15, -0.1) is 0 Å². The number of hydrogen-bond acceptors (Lipinski definition) is 3. The molecular formula is C28H22O4. The van der Waals surface area contributed by atoms with Crippen LogP contribution in [0.15, 0.2) is 97.1 Å². The third-order valence-corrected chi connectivity index (χ3v) is 5.68. The third-order valence-electron chi connectivity index (χ3n) is 5.68. The number of carboxylic acids is 1. The summed E-state index contributed by atoms with van der Waals surface area (Å²) in [6.07, 6.45) is 0.598. The molecule has 0 unspecified atom stereocenters. The first-order chi connectivity index (χ1) is 15.5. The molecule has 4 nitrogen and oxygen atoms in total. The van der Waals surface area contributed by atoms with E-state index in [4.69, 9.17) is 9.47 Å². The topological polar surface area (TPSA) is 55.8 Å². The van der Waals surface area contributed by atoms with Gasteiger partial charge in [0.15, 0.2) is 11.5 Å². The van der Waals surface area contributed by atoms with E-state index in [1.54, 1.807) is 6.07 Å². The predicted molar refractivity (Wildman–Crippen MR) is 122 cm³/mol. The van der Waals surface area contributed by atoms with E-state index in [0.717, 1.165) is 22.3 Å². The zero-order valence-electron chi connectivity index (χ0n) is 17.6. The SMILES string of the molecule is Cc1ccc(Cc2cc3c(c(C(=O)O)c2)OC(c2ccccc2)(c2ccccc2)O3)cc1. The average molecular weight is 422 g/mol. The minimum atomic E-state index is -1.25. The Morgan fingerprint density at radius 1 is 0.781 bits per heavy atom. The highest BCUT2D eigenvalue weighted by Gasteiger charge is 2.47. The van der Waals surface area contributed by atoms with Gasteiger partial charge in [-0.05, 0) is 36.6 Å². The Hall–Kier alpha value is -4.05. The van der Waals surface area contributed by atoms with Crippen molar-refractivity contribution in [2.75, 3.05) is 0 Å². The van der Waals surface area contributed by atoms with Crippen molar-refractivity contribution < 1.29 is 19.4 Å². The number of carboxylic acid groups (broad SMARTS) is 1. The van der Waals surface area contributed by atoms with Crippen LogP contribution in [0, 0.1) is 6.92 Å². The van der Waals surface area contributed by atoms with Gasteiger partial charge < -0.3 is 14.6 Å². The van der Waals surface area contributed by atoms with Gasteiger partial charge in [0, 0.05) is 11.1 Å². The number of rotatable bonds is 5. The molecule has 4 heteroatoms. The van der Waals surface area contributed by atoms with E-state index in [1.165, 1.54) is 5.56 Å². The summed E-state index contributed by atoms with van der Waals surface area (Å²) in [7, 11) is 0. The molecule has 0 radical (unpaired) electrons. The van der Waals surface area contributed by atoms with E-state index in [-0.39, 0.29) is 11.3 Å². The molecule has 0 fully saturated rings. The quantitative estimate of drug-likeness (QED) is 0.431. The molecule has 0 bridgehead atoms. The molecule has 0 saturated heterocycles. The Morgan fingerprint density at radius 2 is 1.38 bits per heavy atom. The summed E-state index contributed by atoms with van der Waals surface area (Å²) in [5.74, 6) is -1.62. The molecule has 0 amide bonds. The first-order valence-corrected chi connectivity index (χ1v) is 10.5. The monoisotopic (exact) mass is 422 g/mol. The molecule has 1 aliphatic rings. The van der Waals surface area contributed by atoms with Crippen LogP contribution in [0.2, 0.25) is 0 Å². The van der Waals surface area contributed by atoms with Gasteiger partial charge in [-0.25, -0.2) is 4.79 Å². The zero-order chi connectivity index (χ0) is 22.1. The molecule has 0 atom stereocenters. The van der Waals surface area contributed by atoms with Crippen LogP contribution in [0.3, 0.4) is 0 Å². The maximum atomic E-state index is 12.2. The van der Waals surface area contributed by atoms with E-state index >= 15 is 0 Å². The number of carbonyl (C=O) groups is 1. The van der Waals surface area contributed by atoms with Crippen LogP contribution in [0.25, 0.3) is 0 Å². The maximum Gasteiger partial charge on any atom is 0.339 e. The third kappa shape index (κ3) is 3.50. The number of aryl methyl sites for hydroxylation is 1. The Morgan fingerprint density at radius 3 is 1.94 bits per heavy atom. The fourth-order valence-corrected chi connectivity index (χ4v) is 4.08. The molecule has 32 heavy (non-hydrogen) atoms. The molecule has 0 saturated carbocycles. The summed E-state index contributed by atoms with van der Waals surface area (Å²) in [6, 6.07) is 31.0. The predicted octanol–water partition coefficient (Wildman–Crippen LogP) is 5.96. The Bertz CT molecular complexity index is 1220. The smallest absolute Gasteiger partial charge is 0.339 e. The molecule has 158 valence electrons. The summed E-state index contributed by atoms with van der Waals surface area (Å²) in [6.45, 7) is 2.04. The number of benzene rings is 4. The molecule has 1 aliphatic heterocycles. The van der Waals surface area contributed by atoms with Crippen molar-refractivity contribution in [2.24, 2.45) is 0 Å². The molecule has 4 aromatic carbocycles.